The van der Waals surface area contributed by atoms with Crippen molar-refractivity contribution in [3.63, 3.8) is 0 Å². The molecule has 0 saturated heterocycles. The third-order valence-corrected chi connectivity index (χ3v) is 1.75. The highest BCUT2D eigenvalue weighted by molar-refractivity contribution is 5.74. The molecule has 0 aromatic heterocycles. The second-order valence-corrected chi connectivity index (χ2v) is 2.69. The molecule has 0 aliphatic rings. The van der Waals surface area contributed by atoms with E-state index in [1.807, 2.05) is 30.3 Å². The first-order valence-electron chi connectivity index (χ1n) is 4.02. The van der Waals surface area contributed by atoms with Crippen molar-refractivity contribution < 1.29 is 4.79 Å². The maximum atomic E-state index is 10.3. The fraction of sp³-hybridized carbons (Fsp3) is 0.182. The zero-order chi connectivity index (χ0) is 8.81. The molecule has 1 rings (SSSR count). The standard InChI is InChI=1S/C11H12O/c1-2-3-4-10-5-7-11(9-12)8-6-10/h2,5-9H,1,3-4H2. The van der Waals surface area contributed by atoms with Crippen LogP contribution in [0, 0.1) is 0 Å². The lowest BCUT2D eigenvalue weighted by atomic mass is 10.1. The molecule has 0 N–H and O–H groups in total. The number of carbonyl (C=O) groups excluding carboxylic acids is 1. The quantitative estimate of drug-likeness (QED) is 0.488. The van der Waals surface area contributed by atoms with E-state index < -0.39 is 0 Å². The van der Waals surface area contributed by atoms with Crippen LogP contribution in [0.2, 0.25) is 0 Å². The molecule has 0 aliphatic carbocycles. The van der Waals surface area contributed by atoms with Gasteiger partial charge in [0.05, 0.1) is 0 Å². The molecule has 1 nitrogen and oxygen atoms in total. The van der Waals surface area contributed by atoms with Crippen molar-refractivity contribution in [1.29, 1.82) is 0 Å². The lowest BCUT2D eigenvalue weighted by molar-refractivity contribution is 0.112. The smallest absolute Gasteiger partial charge is 0.150 e. The fourth-order valence-corrected chi connectivity index (χ4v) is 1.03. The summed E-state index contributed by atoms with van der Waals surface area (Å²) in [5.41, 5.74) is 1.98. The van der Waals surface area contributed by atoms with Crippen molar-refractivity contribution in [2.45, 2.75) is 12.8 Å². The van der Waals surface area contributed by atoms with Gasteiger partial charge in [0.2, 0.25) is 0 Å². The Bertz CT molecular complexity index is 259. The van der Waals surface area contributed by atoms with Crippen LogP contribution in [0.4, 0.5) is 0 Å². The van der Waals surface area contributed by atoms with Crippen molar-refractivity contribution in [2.75, 3.05) is 0 Å². The number of aryl methyl sites for hydroxylation is 1. The molecule has 0 fully saturated rings. The third kappa shape index (κ3) is 2.35. The summed E-state index contributed by atoms with van der Waals surface area (Å²) in [6.45, 7) is 3.65. The van der Waals surface area contributed by atoms with Gasteiger partial charge in [-0.2, -0.15) is 0 Å². The van der Waals surface area contributed by atoms with Gasteiger partial charge in [-0.15, -0.1) is 6.58 Å². The molecule has 0 atom stereocenters. The highest BCUT2D eigenvalue weighted by Gasteiger charge is 1.91. The van der Waals surface area contributed by atoms with E-state index in [1.165, 1.54) is 5.56 Å². The number of hydrogen-bond acceptors (Lipinski definition) is 1. The number of carbonyl (C=O) groups is 1. The molecule has 0 spiro atoms. The predicted octanol–water partition coefficient (Wildman–Crippen LogP) is 2.62. The highest BCUT2D eigenvalue weighted by Crippen LogP contribution is 2.05. The number of benzene rings is 1. The average molecular weight is 160 g/mol. The SMILES string of the molecule is C=CCCc1ccc(C=O)cc1. The minimum Gasteiger partial charge on any atom is -0.298 e. The molecular formula is C11H12O. The van der Waals surface area contributed by atoms with E-state index in [-0.39, 0.29) is 0 Å². The van der Waals surface area contributed by atoms with Crippen molar-refractivity contribution in [3.8, 4) is 0 Å². The Hall–Kier alpha value is -1.37. The Morgan fingerprint density at radius 1 is 1.25 bits per heavy atom. The lowest BCUT2D eigenvalue weighted by Crippen LogP contribution is -1.84. The van der Waals surface area contributed by atoms with Crippen LogP contribution in [0.1, 0.15) is 22.3 Å². The van der Waals surface area contributed by atoms with Gasteiger partial charge in [0, 0.05) is 5.56 Å². The summed E-state index contributed by atoms with van der Waals surface area (Å²) in [7, 11) is 0. The van der Waals surface area contributed by atoms with E-state index in [0.717, 1.165) is 24.7 Å². The zero-order valence-corrected chi connectivity index (χ0v) is 6.99. The molecule has 12 heavy (non-hydrogen) atoms. The zero-order valence-electron chi connectivity index (χ0n) is 6.99. The van der Waals surface area contributed by atoms with Crippen molar-refractivity contribution >= 4 is 6.29 Å². The van der Waals surface area contributed by atoms with Gasteiger partial charge in [-0.1, -0.05) is 30.3 Å². The maximum Gasteiger partial charge on any atom is 0.150 e. The number of hydrogen-bond donors (Lipinski definition) is 0. The Morgan fingerprint density at radius 3 is 2.42 bits per heavy atom. The summed E-state index contributed by atoms with van der Waals surface area (Å²) in [6.07, 6.45) is 4.74. The average Bonchev–Trinajstić information content (AvgIpc) is 2.15. The first-order valence-corrected chi connectivity index (χ1v) is 4.02. The van der Waals surface area contributed by atoms with Crippen LogP contribution in [0.3, 0.4) is 0 Å². The van der Waals surface area contributed by atoms with E-state index in [4.69, 9.17) is 0 Å². The van der Waals surface area contributed by atoms with Crippen molar-refractivity contribution in [3.05, 3.63) is 48.0 Å². The second-order valence-electron chi connectivity index (χ2n) is 2.69. The molecule has 0 aliphatic heterocycles. The first kappa shape index (κ1) is 8.72. The van der Waals surface area contributed by atoms with E-state index >= 15 is 0 Å². The maximum absolute atomic E-state index is 10.3. The summed E-state index contributed by atoms with van der Waals surface area (Å²) in [4.78, 5) is 10.3. The lowest BCUT2D eigenvalue weighted by Gasteiger charge is -1.97. The Balaban J connectivity index is 2.64. The van der Waals surface area contributed by atoms with E-state index in [2.05, 4.69) is 6.58 Å². The molecule has 62 valence electrons. The molecule has 0 bridgehead atoms. The molecule has 1 aromatic rings. The largest absolute Gasteiger partial charge is 0.298 e. The first-order chi connectivity index (χ1) is 5.86. The van der Waals surface area contributed by atoms with Gasteiger partial charge in [0.25, 0.3) is 0 Å². The second kappa shape index (κ2) is 4.50. The molecule has 0 amide bonds. The van der Waals surface area contributed by atoms with Gasteiger partial charge in [0.1, 0.15) is 6.29 Å². The highest BCUT2D eigenvalue weighted by atomic mass is 16.1. The summed E-state index contributed by atoms with van der Waals surface area (Å²) < 4.78 is 0. The molecule has 0 unspecified atom stereocenters. The summed E-state index contributed by atoms with van der Waals surface area (Å²) in [6, 6.07) is 7.64. The van der Waals surface area contributed by atoms with Crippen molar-refractivity contribution in [1.82, 2.24) is 0 Å². The fourth-order valence-electron chi connectivity index (χ4n) is 1.03. The number of rotatable bonds is 4. The molecule has 1 heteroatoms. The molecule has 0 saturated carbocycles. The normalized spacial score (nSPS) is 9.33. The Labute approximate surface area is 72.7 Å². The van der Waals surface area contributed by atoms with Gasteiger partial charge in [-0.25, -0.2) is 0 Å². The summed E-state index contributed by atoms with van der Waals surface area (Å²) >= 11 is 0. The van der Waals surface area contributed by atoms with Crippen LogP contribution in [0.5, 0.6) is 0 Å². The predicted molar refractivity (Wildman–Crippen MR) is 50.3 cm³/mol. The van der Waals surface area contributed by atoms with E-state index in [9.17, 15) is 4.79 Å². The molecular weight excluding hydrogens is 148 g/mol. The minimum atomic E-state index is 0.734. The van der Waals surface area contributed by atoms with E-state index in [0.29, 0.717) is 0 Å². The van der Waals surface area contributed by atoms with Crippen LogP contribution < -0.4 is 0 Å². The van der Waals surface area contributed by atoms with Gasteiger partial charge in [-0.05, 0) is 18.4 Å². The van der Waals surface area contributed by atoms with Gasteiger partial charge < -0.3 is 0 Å². The van der Waals surface area contributed by atoms with Gasteiger partial charge in [0.15, 0.2) is 0 Å². The molecule has 0 heterocycles. The topological polar surface area (TPSA) is 17.1 Å². The molecule has 1 aromatic carbocycles. The van der Waals surface area contributed by atoms with Crippen LogP contribution >= 0.6 is 0 Å². The Morgan fingerprint density at radius 2 is 1.92 bits per heavy atom. The monoisotopic (exact) mass is 160 g/mol. The molecule has 0 radical (unpaired) electrons. The van der Waals surface area contributed by atoms with Gasteiger partial charge >= 0.3 is 0 Å². The van der Waals surface area contributed by atoms with Crippen LogP contribution in [-0.4, -0.2) is 6.29 Å². The van der Waals surface area contributed by atoms with Gasteiger partial charge in [-0.3, -0.25) is 4.79 Å². The number of allylic oxidation sites excluding steroid dienone is 1. The van der Waals surface area contributed by atoms with Crippen LogP contribution in [0.15, 0.2) is 36.9 Å². The number of aldehydes is 1. The summed E-state index contributed by atoms with van der Waals surface area (Å²) in [5.74, 6) is 0. The summed E-state index contributed by atoms with van der Waals surface area (Å²) in [5, 5.41) is 0. The van der Waals surface area contributed by atoms with Crippen LogP contribution in [-0.2, 0) is 6.42 Å². The van der Waals surface area contributed by atoms with E-state index in [1.54, 1.807) is 0 Å². The minimum absolute atomic E-state index is 0.734. The third-order valence-electron chi connectivity index (χ3n) is 1.75. The van der Waals surface area contributed by atoms with Crippen LogP contribution in [0.25, 0.3) is 0 Å². The van der Waals surface area contributed by atoms with Crippen molar-refractivity contribution in [2.24, 2.45) is 0 Å². The Kier molecular flexibility index (Phi) is 3.27.